The highest BCUT2D eigenvalue weighted by Crippen LogP contribution is 2.29. The highest BCUT2D eigenvalue weighted by atomic mass is 28.1. The van der Waals surface area contributed by atoms with Crippen molar-refractivity contribution < 1.29 is 41.0 Å². The van der Waals surface area contributed by atoms with E-state index in [4.69, 9.17) is 14.6 Å². The van der Waals surface area contributed by atoms with Crippen LogP contribution in [0.5, 0.6) is 0 Å². The number of nitrogens with zero attached hydrogens (tertiary/aromatic N) is 6. The Morgan fingerprint density at radius 3 is 1.56 bits per heavy atom. The van der Waals surface area contributed by atoms with Gasteiger partial charge in [0.2, 0.25) is 12.6 Å². The topological polar surface area (TPSA) is 96.5 Å². The Bertz CT molecular complexity index is 1840. The third-order valence-electron chi connectivity index (χ3n) is 11.4. The van der Waals surface area contributed by atoms with Crippen LogP contribution in [0, 0.1) is 11.8 Å². The molecule has 0 amide bonds. The summed E-state index contributed by atoms with van der Waals surface area (Å²) >= 11 is 0. The van der Waals surface area contributed by atoms with Crippen LogP contribution in [0.15, 0.2) is 73.1 Å². The lowest BCUT2D eigenvalue weighted by Crippen LogP contribution is -2.37. The zero-order valence-electron chi connectivity index (χ0n) is 36.2. The second-order valence-corrected chi connectivity index (χ2v) is 18.0. The molecule has 4 heterocycles. The predicted octanol–water partition coefficient (Wildman–Crippen LogP) is 8.52. The van der Waals surface area contributed by atoms with Crippen LogP contribution in [-0.2, 0) is 42.2 Å². The lowest BCUT2D eigenvalue weighted by molar-refractivity contribution is -0.156. The van der Waals surface area contributed by atoms with E-state index >= 15 is 0 Å². The van der Waals surface area contributed by atoms with Gasteiger partial charge in [-0.2, -0.15) is 26.3 Å². The number of benzene rings is 2. The van der Waals surface area contributed by atoms with Crippen LogP contribution in [0.3, 0.4) is 0 Å². The van der Waals surface area contributed by atoms with Crippen molar-refractivity contribution in [2.45, 2.75) is 128 Å². The van der Waals surface area contributed by atoms with E-state index in [1.807, 2.05) is 36.5 Å². The molecule has 1 unspecified atom stereocenters. The minimum absolute atomic E-state index is 0.634. The first-order valence-corrected chi connectivity index (χ1v) is 23.5. The SMILES string of the molecule is CC[SiH3].O=CC(F)(F)F.O=CC(F)(F)F.OC(c1ccccc1)c1ncc2n1CCN(CC1CCCCC1)C2.c1ccc(Cc2ncc3n2CCN(CC2CCCCC2)C3)cc1. The fraction of sp³-hybridized carbons (Fsp3) is 0.565. The molecule has 342 valence electrons. The number of aliphatic hydroxyl groups is 1. The van der Waals surface area contributed by atoms with E-state index in [0.717, 1.165) is 62.4 Å². The van der Waals surface area contributed by atoms with Crippen LogP contribution in [-0.4, -0.2) is 95.4 Å². The Labute approximate surface area is 365 Å². The van der Waals surface area contributed by atoms with E-state index in [1.165, 1.54) is 123 Å². The number of hydrogen-bond donors (Lipinski definition) is 1. The first-order chi connectivity index (χ1) is 29.7. The number of aliphatic hydroxyl groups excluding tert-OH is 1. The smallest absolute Gasteiger partial charge is 0.380 e. The second-order valence-electron chi connectivity index (χ2n) is 16.6. The monoisotopic (exact) mass is 890 g/mol. The van der Waals surface area contributed by atoms with Crippen molar-refractivity contribution in [2.75, 3.05) is 26.2 Å². The highest BCUT2D eigenvalue weighted by molar-refractivity contribution is 6.08. The standard InChI is InChI=1S/C20H27N3O.C20H27N3.2C2HF3O.C2H8Si/c24-19(17-9-5-2-6-10-17)20-21-13-18-15-22(11-12-23(18)20)14-16-7-3-1-4-8-16;1-3-7-17(8-4-1)13-20-21-14-19-16-22(11-12-23(19)20)15-18-9-5-2-6-10-18;2*3-2(4,5)1-6;1-2-3/h2,5-6,9-10,13,16,19,24H,1,3-4,7-8,11-12,14-15H2;1,3-4,7-8,14,18H,2,5-6,9-13,15-16H2;2*1H;2H2,1,3H3. The summed E-state index contributed by atoms with van der Waals surface area (Å²) in [5.41, 5.74) is 4.90. The van der Waals surface area contributed by atoms with Crippen LogP contribution >= 0.6 is 0 Å². The number of fused-ring (bicyclic) bond motifs is 2. The normalized spacial score (nSPS) is 17.8. The fourth-order valence-corrected chi connectivity index (χ4v) is 8.47. The molecule has 62 heavy (non-hydrogen) atoms. The zero-order valence-corrected chi connectivity index (χ0v) is 38.2. The van der Waals surface area contributed by atoms with Gasteiger partial charge in [-0.05, 0) is 48.6 Å². The molecule has 0 spiro atoms. The number of carbonyl (C=O) groups is 2. The summed E-state index contributed by atoms with van der Waals surface area (Å²) in [5, 5.41) is 10.7. The van der Waals surface area contributed by atoms with E-state index in [1.54, 1.807) is 0 Å². The van der Waals surface area contributed by atoms with E-state index in [0.29, 0.717) is 0 Å². The number of halogens is 6. The number of carbonyl (C=O) groups excluding carboxylic acids is 2. The van der Waals surface area contributed by atoms with E-state index < -0.39 is 31.0 Å². The molecule has 4 aliphatic rings. The van der Waals surface area contributed by atoms with Gasteiger partial charge in [-0.25, -0.2) is 9.97 Å². The number of rotatable bonds is 8. The molecule has 9 nitrogen and oxygen atoms in total. The Kier molecular flexibility index (Phi) is 21.1. The van der Waals surface area contributed by atoms with Crippen LogP contribution < -0.4 is 0 Å². The second kappa shape index (κ2) is 25.9. The van der Waals surface area contributed by atoms with Gasteiger partial charge in [0.15, 0.2) is 0 Å². The summed E-state index contributed by atoms with van der Waals surface area (Å²) in [5.74, 6) is 3.82. The molecule has 2 aliphatic carbocycles. The molecule has 4 aromatic rings. The third kappa shape index (κ3) is 17.6. The minimum atomic E-state index is -4.64. The summed E-state index contributed by atoms with van der Waals surface area (Å²) in [7, 11) is 1.37. The number of aldehydes is 2. The summed E-state index contributed by atoms with van der Waals surface area (Å²) < 4.78 is 67.2. The lowest BCUT2D eigenvalue weighted by atomic mass is 9.89. The maximum absolute atomic E-state index is 10.7. The van der Waals surface area contributed by atoms with Gasteiger partial charge in [0.1, 0.15) is 17.8 Å². The number of hydrogen-bond acceptors (Lipinski definition) is 7. The molecule has 2 saturated carbocycles. The summed E-state index contributed by atoms with van der Waals surface area (Å²) in [6.07, 6.45) is 7.21. The number of aromatic nitrogens is 4. The van der Waals surface area contributed by atoms with Crippen LogP contribution in [0.2, 0.25) is 6.04 Å². The van der Waals surface area contributed by atoms with E-state index in [-0.39, 0.29) is 0 Å². The quantitative estimate of drug-likeness (QED) is 0.108. The Morgan fingerprint density at radius 2 is 1.10 bits per heavy atom. The summed E-state index contributed by atoms with van der Waals surface area (Å²) in [4.78, 5) is 31.9. The molecule has 2 aliphatic heterocycles. The molecule has 16 heteroatoms. The Balaban J connectivity index is 0.000000207. The molecule has 2 fully saturated rings. The first kappa shape index (κ1) is 50.5. The van der Waals surface area contributed by atoms with Crippen molar-refractivity contribution in [1.82, 2.24) is 28.9 Å². The Hall–Kier alpha value is -4.12. The molecule has 8 rings (SSSR count). The van der Waals surface area contributed by atoms with Crippen molar-refractivity contribution in [1.29, 1.82) is 0 Å². The van der Waals surface area contributed by atoms with Gasteiger partial charge in [0.05, 0.1) is 11.4 Å². The number of imidazole rings is 2. The predicted molar refractivity (Wildman–Crippen MR) is 233 cm³/mol. The van der Waals surface area contributed by atoms with Crippen molar-refractivity contribution in [3.63, 3.8) is 0 Å². The summed E-state index contributed by atoms with van der Waals surface area (Å²) in [6.45, 7) is 11.0. The third-order valence-corrected chi connectivity index (χ3v) is 11.4. The zero-order chi connectivity index (χ0) is 45.0. The maximum Gasteiger partial charge on any atom is 0.446 e. The number of alkyl halides is 6. The van der Waals surface area contributed by atoms with Crippen LogP contribution in [0.25, 0.3) is 0 Å². The molecule has 2 aromatic heterocycles. The molecule has 2 aromatic carbocycles. The van der Waals surface area contributed by atoms with Gasteiger partial charge in [-0.3, -0.25) is 19.4 Å². The molecule has 0 saturated heterocycles. The lowest BCUT2D eigenvalue weighted by Gasteiger charge is -2.33. The van der Waals surface area contributed by atoms with Crippen LogP contribution in [0.1, 0.15) is 111 Å². The molecule has 0 radical (unpaired) electrons. The van der Waals surface area contributed by atoms with Crippen LogP contribution in [0.4, 0.5) is 26.3 Å². The van der Waals surface area contributed by atoms with E-state index in [9.17, 15) is 31.4 Å². The first-order valence-electron chi connectivity index (χ1n) is 22.1. The van der Waals surface area contributed by atoms with Crippen molar-refractivity contribution in [2.24, 2.45) is 11.8 Å². The van der Waals surface area contributed by atoms with Crippen molar-refractivity contribution >= 4 is 22.8 Å². The fourth-order valence-electron chi connectivity index (χ4n) is 8.47. The van der Waals surface area contributed by atoms with Gasteiger partial charge < -0.3 is 14.2 Å². The van der Waals surface area contributed by atoms with Crippen molar-refractivity contribution in [3.8, 4) is 0 Å². The van der Waals surface area contributed by atoms with Gasteiger partial charge in [-0.1, -0.05) is 112 Å². The van der Waals surface area contributed by atoms with Gasteiger partial charge in [-0.15, -0.1) is 0 Å². The average Bonchev–Trinajstić information content (AvgIpc) is 3.89. The Morgan fingerprint density at radius 1 is 0.677 bits per heavy atom. The van der Waals surface area contributed by atoms with Gasteiger partial charge in [0, 0.05) is 81.4 Å². The largest absolute Gasteiger partial charge is 0.446 e. The average molecular weight is 891 g/mol. The highest BCUT2D eigenvalue weighted by Gasteiger charge is 2.27. The molecule has 1 N–H and O–H groups in total. The molecular formula is C46H64F6N6O3Si. The summed E-state index contributed by atoms with van der Waals surface area (Å²) in [6, 6.07) is 21.9. The molecular weight excluding hydrogens is 827 g/mol. The molecule has 0 bridgehead atoms. The van der Waals surface area contributed by atoms with Gasteiger partial charge >= 0.3 is 12.4 Å². The van der Waals surface area contributed by atoms with E-state index in [2.05, 4.69) is 67.4 Å². The minimum Gasteiger partial charge on any atom is -0.380 e. The maximum atomic E-state index is 10.7. The molecule has 1 atom stereocenters. The van der Waals surface area contributed by atoms with Crippen molar-refractivity contribution in [3.05, 3.63) is 107 Å². The van der Waals surface area contributed by atoms with Gasteiger partial charge in [0.25, 0.3) is 0 Å².